The summed E-state index contributed by atoms with van der Waals surface area (Å²) in [7, 11) is 0. The van der Waals surface area contributed by atoms with Gasteiger partial charge in [-0.2, -0.15) is 0 Å². The van der Waals surface area contributed by atoms with Crippen molar-refractivity contribution in [2.45, 2.75) is 232 Å². The van der Waals surface area contributed by atoms with Gasteiger partial charge in [-0.05, 0) is 45.1 Å². The van der Waals surface area contributed by atoms with Gasteiger partial charge in [-0.1, -0.05) is 199 Å². The van der Waals surface area contributed by atoms with Crippen LogP contribution < -0.4 is 11.5 Å². The first-order chi connectivity index (χ1) is 21.2. The molecular formula is C40H82N2O. The highest BCUT2D eigenvalue weighted by Gasteiger charge is 1.96. The number of primary amides is 1. The van der Waals surface area contributed by atoms with E-state index in [4.69, 9.17) is 11.5 Å². The van der Waals surface area contributed by atoms with Crippen molar-refractivity contribution in [1.82, 2.24) is 0 Å². The summed E-state index contributed by atoms with van der Waals surface area (Å²) in [6.07, 6.45) is 50.7. The monoisotopic (exact) mass is 607 g/mol. The van der Waals surface area contributed by atoms with Crippen LogP contribution in [0.15, 0.2) is 12.2 Å². The van der Waals surface area contributed by atoms with Crippen molar-refractivity contribution >= 4 is 5.91 Å². The average Bonchev–Trinajstić information content (AvgIpc) is 3.00. The van der Waals surface area contributed by atoms with Crippen LogP contribution in [-0.4, -0.2) is 12.5 Å². The van der Waals surface area contributed by atoms with Crippen LogP contribution in [0, 0.1) is 0 Å². The van der Waals surface area contributed by atoms with Crippen LogP contribution in [0.25, 0.3) is 0 Å². The van der Waals surface area contributed by atoms with Crippen LogP contribution in [0.1, 0.15) is 232 Å². The van der Waals surface area contributed by atoms with Crippen molar-refractivity contribution in [1.29, 1.82) is 0 Å². The predicted octanol–water partition coefficient (Wildman–Crippen LogP) is 13.3. The molecule has 4 N–H and O–H groups in total. The molecule has 0 aromatic heterocycles. The number of carbonyl (C=O) groups excluding carboxylic acids is 1. The van der Waals surface area contributed by atoms with Crippen molar-refractivity contribution in [3.05, 3.63) is 12.2 Å². The molecule has 43 heavy (non-hydrogen) atoms. The van der Waals surface area contributed by atoms with Crippen LogP contribution >= 0.6 is 0 Å². The van der Waals surface area contributed by atoms with Crippen LogP contribution in [-0.2, 0) is 4.79 Å². The highest BCUT2D eigenvalue weighted by atomic mass is 16.1. The van der Waals surface area contributed by atoms with E-state index in [-0.39, 0.29) is 5.91 Å². The summed E-state index contributed by atoms with van der Waals surface area (Å²) in [5, 5.41) is 0. The molecule has 0 aliphatic heterocycles. The zero-order valence-corrected chi connectivity index (χ0v) is 30.0. The van der Waals surface area contributed by atoms with E-state index in [0.29, 0.717) is 6.42 Å². The predicted molar refractivity (Wildman–Crippen MR) is 196 cm³/mol. The number of rotatable bonds is 35. The van der Waals surface area contributed by atoms with Crippen molar-refractivity contribution in [3.63, 3.8) is 0 Å². The first-order valence-corrected chi connectivity index (χ1v) is 19.8. The highest BCUT2D eigenvalue weighted by molar-refractivity contribution is 5.73. The second-order valence-corrected chi connectivity index (χ2v) is 13.3. The summed E-state index contributed by atoms with van der Waals surface area (Å²) in [5.41, 5.74) is 10.6. The Morgan fingerprint density at radius 2 is 0.651 bits per heavy atom. The second kappa shape index (κ2) is 43.3. The molecule has 0 saturated carbocycles. The summed E-state index contributed by atoms with van der Waals surface area (Å²) in [6.45, 7) is 5.44. The minimum absolute atomic E-state index is 0.156. The van der Waals surface area contributed by atoms with E-state index in [9.17, 15) is 4.79 Å². The lowest BCUT2D eigenvalue weighted by molar-refractivity contribution is -0.118. The molecular weight excluding hydrogens is 524 g/mol. The van der Waals surface area contributed by atoms with E-state index in [1.165, 1.54) is 199 Å². The standard InChI is InChI=1S/C22H43NO.C18H39N/c1-2-3-4-5-6-7-8-9-10-11-12-13-14-15-16-17-18-19-20-21-22(23)24;1-2-3-4-5-6-7-8-9-10-11-12-13-14-15-16-17-18-19/h9-10H,2-8,11-21H2,1H3,(H2,23,24);2-19H2,1H3/b10-9-;. The van der Waals surface area contributed by atoms with Gasteiger partial charge in [-0.3, -0.25) is 4.79 Å². The van der Waals surface area contributed by atoms with Crippen LogP contribution in [0.3, 0.4) is 0 Å². The van der Waals surface area contributed by atoms with Gasteiger partial charge in [0.25, 0.3) is 0 Å². The number of unbranched alkanes of at least 4 members (excludes halogenated alkanes) is 30. The topological polar surface area (TPSA) is 69.1 Å². The van der Waals surface area contributed by atoms with Gasteiger partial charge in [0.2, 0.25) is 5.91 Å². The molecule has 0 heterocycles. The third-order valence-corrected chi connectivity index (χ3v) is 8.74. The molecule has 3 heteroatoms. The normalized spacial score (nSPS) is 11.2. The maximum Gasteiger partial charge on any atom is 0.217 e. The van der Waals surface area contributed by atoms with Gasteiger partial charge in [0, 0.05) is 6.42 Å². The zero-order chi connectivity index (χ0) is 31.7. The Balaban J connectivity index is 0. The lowest BCUT2D eigenvalue weighted by Crippen LogP contribution is -2.09. The summed E-state index contributed by atoms with van der Waals surface area (Å²) in [6, 6.07) is 0. The molecule has 3 nitrogen and oxygen atoms in total. The zero-order valence-electron chi connectivity index (χ0n) is 30.0. The number of carbonyl (C=O) groups is 1. The summed E-state index contributed by atoms with van der Waals surface area (Å²) < 4.78 is 0. The molecule has 0 aromatic rings. The Morgan fingerprint density at radius 1 is 0.395 bits per heavy atom. The summed E-state index contributed by atoms with van der Waals surface area (Å²) >= 11 is 0. The molecule has 0 aliphatic carbocycles. The fourth-order valence-corrected chi connectivity index (χ4v) is 5.77. The molecule has 0 aliphatic rings. The molecule has 0 aromatic carbocycles. The van der Waals surface area contributed by atoms with Crippen LogP contribution in [0.4, 0.5) is 0 Å². The van der Waals surface area contributed by atoms with Crippen LogP contribution in [0.5, 0.6) is 0 Å². The lowest BCUT2D eigenvalue weighted by Gasteiger charge is -2.03. The van der Waals surface area contributed by atoms with Crippen molar-refractivity contribution in [2.24, 2.45) is 11.5 Å². The fraction of sp³-hybridized carbons (Fsp3) is 0.925. The Hall–Kier alpha value is -0.830. The second-order valence-electron chi connectivity index (χ2n) is 13.3. The van der Waals surface area contributed by atoms with Gasteiger partial charge >= 0.3 is 0 Å². The third-order valence-electron chi connectivity index (χ3n) is 8.74. The Labute approximate surface area is 272 Å². The molecule has 0 rings (SSSR count). The minimum atomic E-state index is -0.156. The Bertz CT molecular complexity index is 503. The Morgan fingerprint density at radius 3 is 0.930 bits per heavy atom. The number of hydrogen-bond donors (Lipinski definition) is 2. The van der Waals surface area contributed by atoms with Crippen LogP contribution in [0.2, 0.25) is 0 Å². The molecule has 0 atom stereocenters. The molecule has 258 valence electrons. The van der Waals surface area contributed by atoms with Gasteiger partial charge in [-0.15, -0.1) is 0 Å². The van der Waals surface area contributed by atoms with E-state index in [1.807, 2.05) is 0 Å². The van der Waals surface area contributed by atoms with E-state index in [1.54, 1.807) is 0 Å². The highest BCUT2D eigenvalue weighted by Crippen LogP contribution is 2.14. The number of amides is 1. The van der Waals surface area contributed by atoms with Gasteiger partial charge in [0.1, 0.15) is 0 Å². The smallest absolute Gasteiger partial charge is 0.217 e. The van der Waals surface area contributed by atoms with Gasteiger partial charge in [0.05, 0.1) is 0 Å². The fourth-order valence-electron chi connectivity index (χ4n) is 5.77. The molecule has 0 spiro atoms. The lowest BCUT2D eigenvalue weighted by atomic mass is 10.0. The van der Waals surface area contributed by atoms with Crippen molar-refractivity contribution in [2.75, 3.05) is 6.54 Å². The number of nitrogens with two attached hydrogens (primary N) is 2. The maximum absolute atomic E-state index is 10.6. The average molecular weight is 607 g/mol. The van der Waals surface area contributed by atoms with E-state index in [0.717, 1.165) is 19.4 Å². The first kappa shape index (κ1) is 44.3. The molecule has 1 amide bonds. The van der Waals surface area contributed by atoms with E-state index < -0.39 is 0 Å². The summed E-state index contributed by atoms with van der Waals surface area (Å²) in [4.78, 5) is 10.6. The van der Waals surface area contributed by atoms with Crippen molar-refractivity contribution < 1.29 is 4.79 Å². The SMILES string of the molecule is CCCCCCCC/C=C\CCCCCCCCCCCC(N)=O.CCCCCCCCCCCCCCCCCCN. The number of allylic oxidation sites excluding steroid dienone is 2. The van der Waals surface area contributed by atoms with E-state index in [2.05, 4.69) is 26.0 Å². The van der Waals surface area contributed by atoms with Gasteiger partial charge in [0.15, 0.2) is 0 Å². The molecule has 0 fully saturated rings. The molecule has 0 radical (unpaired) electrons. The largest absolute Gasteiger partial charge is 0.370 e. The minimum Gasteiger partial charge on any atom is -0.370 e. The Kier molecular flexibility index (Phi) is 44.6. The van der Waals surface area contributed by atoms with Crippen molar-refractivity contribution in [3.8, 4) is 0 Å². The van der Waals surface area contributed by atoms with Gasteiger partial charge in [-0.25, -0.2) is 0 Å². The van der Waals surface area contributed by atoms with Gasteiger partial charge < -0.3 is 11.5 Å². The van der Waals surface area contributed by atoms with E-state index >= 15 is 0 Å². The number of hydrogen-bond acceptors (Lipinski definition) is 2. The quantitative estimate of drug-likeness (QED) is 0.0556. The molecule has 0 bridgehead atoms. The summed E-state index contributed by atoms with van der Waals surface area (Å²) in [5.74, 6) is -0.156. The molecule has 0 unspecified atom stereocenters. The maximum atomic E-state index is 10.6. The first-order valence-electron chi connectivity index (χ1n) is 19.8. The third kappa shape index (κ3) is 48.3. The molecule has 0 saturated heterocycles.